The number of aliphatic hydroxyl groups is 1. The summed E-state index contributed by atoms with van der Waals surface area (Å²) in [6, 6.07) is 5.50. The van der Waals surface area contributed by atoms with Crippen molar-refractivity contribution in [3.8, 4) is 11.5 Å². The lowest BCUT2D eigenvalue weighted by molar-refractivity contribution is -0.128. The van der Waals surface area contributed by atoms with Crippen molar-refractivity contribution in [2.45, 2.75) is 64.6 Å². The molecule has 2 aromatic rings. The monoisotopic (exact) mass is 576 g/mol. The van der Waals surface area contributed by atoms with Crippen LogP contribution in [-0.2, 0) is 21.5 Å². The standard InChI is InChI=1S/C27H44N4O5.2ClH/c1-19(2)21(14-20-8-9-24(35-6)25(15-20)36-13-7-12-34-5)16-22(28)23(32)17-30-26(33)27(3,4)31-11-10-29-18-31;;/h8-11,15,18-19,21-23,32H,7,12-14,16-17,28H2,1-6H3,(H,30,33);2*1H/t21-,22-,23-;;/m0../s1. The van der Waals surface area contributed by atoms with Crippen LogP contribution in [0.15, 0.2) is 36.9 Å². The number of hydrogen-bond acceptors (Lipinski definition) is 7. The van der Waals surface area contributed by atoms with E-state index in [2.05, 4.69) is 24.1 Å². The molecule has 0 radical (unpaired) electrons. The highest BCUT2D eigenvalue weighted by atomic mass is 35.5. The highest BCUT2D eigenvalue weighted by Gasteiger charge is 2.30. The molecule has 0 unspecified atom stereocenters. The van der Waals surface area contributed by atoms with Gasteiger partial charge in [0.2, 0.25) is 5.91 Å². The molecule has 0 fully saturated rings. The average molecular weight is 578 g/mol. The summed E-state index contributed by atoms with van der Waals surface area (Å²) in [5, 5.41) is 13.5. The van der Waals surface area contributed by atoms with E-state index in [9.17, 15) is 9.90 Å². The Morgan fingerprint density at radius 3 is 2.47 bits per heavy atom. The Hall–Kier alpha value is -2.04. The number of benzene rings is 1. The van der Waals surface area contributed by atoms with Crippen molar-refractivity contribution in [3.63, 3.8) is 0 Å². The van der Waals surface area contributed by atoms with Crippen LogP contribution in [-0.4, -0.2) is 66.7 Å². The van der Waals surface area contributed by atoms with Gasteiger partial charge in [-0.2, -0.15) is 0 Å². The van der Waals surface area contributed by atoms with E-state index in [1.54, 1.807) is 51.4 Å². The molecule has 4 N–H and O–H groups in total. The van der Waals surface area contributed by atoms with Gasteiger partial charge in [-0.3, -0.25) is 4.79 Å². The number of nitrogens with two attached hydrogens (primary N) is 1. The molecule has 0 aliphatic rings. The zero-order valence-corrected chi connectivity index (χ0v) is 25.0. The molecular formula is C27H46Cl2N4O5. The molecule has 218 valence electrons. The number of imidazole rings is 1. The van der Waals surface area contributed by atoms with Gasteiger partial charge in [0.1, 0.15) is 5.54 Å². The fourth-order valence-corrected chi connectivity index (χ4v) is 4.02. The summed E-state index contributed by atoms with van der Waals surface area (Å²) in [5.41, 5.74) is 6.69. The van der Waals surface area contributed by atoms with E-state index in [4.69, 9.17) is 19.9 Å². The average Bonchev–Trinajstić information content (AvgIpc) is 3.40. The third-order valence-electron chi connectivity index (χ3n) is 6.67. The number of halogens is 2. The van der Waals surface area contributed by atoms with E-state index in [0.717, 1.165) is 18.4 Å². The molecule has 0 aliphatic carbocycles. The lowest BCUT2D eigenvalue weighted by Gasteiger charge is -2.29. The van der Waals surface area contributed by atoms with Crippen LogP contribution in [0.2, 0.25) is 0 Å². The smallest absolute Gasteiger partial charge is 0.245 e. The maximum Gasteiger partial charge on any atom is 0.245 e. The Kier molecular flexibility index (Phi) is 16.6. The number of aliphatic hydroxyl groups excluding tert-OH is 1. The number of nitrogens with one attached hydrogen (secondary N) is 1. The third-order valence-corrected chi connectivity index (χ3v) is 6.67. The van der Waals surface area contributed by atoms with Crippen molar-refractivity contribution < 1.29 is 24.1 Å². The van der Waals surface area contributed by atoms with Crippen molar-refractivity contribution in [2.24, 2.45) is 17.6 Å². The largest absolute Gasteiger partial charge is 0.493 e. The van der Waals surface area contributed by atoms with E-state index in [-0.39, 0.29) is 43.2 Å². The number of nitrogens with zero attached hydrogens (tertiary/aromatic N) is 2. The van der Waals surface area contributed by atoms with E-state index < -0.39 is 17.7 Å². The summed E-state index contributed by atoms with van der Waals surface area (Å²) in [4.78, 5) is 16.7. The molecule has 1 amide bonds. The topological polar surface area (TPSA) is 121 Å². The zero-order valence-electron chi connectivity index (χ0n) is 23.4. The summed E-state index contributed by atoms with van der Waals surface area (Å²) in [6.07, 6.45) is 6.32. The first-order chi connectivity index (χ1) is 17.1. The molecule has 0 saturated carbocycles. The van der Waals surface area contributed by atoms with Crippen molar-refractivity contribution in [2.75, 3.05) is 34.0 Å². The van der Waals surface area contributed by atoms with Crippen LogP contribution < -0.4 is 20.5 Å². The van der Waals surface area contributed by atoms with Gasteiger partial charge >= 0.3 is 0 Å². The van der Waals surface area contributed by atoms with Crippen molar-refractivity contribution in [1.29, 1.82) is 0 Å². The van der Waals surface area contributed by atoms with Crippen LogP contribution in [0.25, 0.3) is 0 Å². The molecule has 1 heterocycles. The highest BCUT2D eigenvalue weighted by molar-refractivity contribution is 5.85. The van der Waals surface area contributed by atoms with Crippen LogP contribution in [0, 0.1) is 11.8 Å². The number of aromatic nitrogens is 2. The molecule has 38 heavy (non-hydrogen) atoms. The number of hydrogen-bond donors (Lipinski definition) is 3. The first-order valence-electron chi connectivity index (χ1n) is 12.6. The Labute approximate surface area is 239 Å². The van der Waals surface area contributed by atoms with Gasteiger partial charge in [0.05, 0.1) is 26.1 Å². The van der Waals surface area contributed by atoms with E-state index in [1.165, 1.54) is 0 Å². The predicted molar refractivity (Wildman–Crippen MR) is 155 cm³/mol. The maximum absolute atomic E-state index is 12.7. The van der Waals surface area contributed by atoms with Gasteiger partial charge in [-0.05, 0) is 56.2 Å². The molecule has 1 aromatic heterocycles. The summed E-state index contributed by atoms with van der Waals surface area (Å²) in [6.45, 7) is 9.19. The number of carbonyl (C=O) groups is 1. The van der Waals surface area contributed by atoms with E-state index >= 15 is 0 Å². The first kappa shape index (κ1) is 36.0. The number of rotatable bonds is 16. The Bertz CT molecular complexity index is 928. The summed E-state index contributed by atoms with van der Waals surface area (Å²) < 4.78 is 18.2. The summed E-state index contributed by atoms with van der Waals surface area (Å²) in [5.74, 6) is 1.79. The van der Waals surface area contributed by atoms with E-state index in [0.29, 0.717) is 37.1 Å². The fourth-order valence-electron chi connectivity index (χ4n) is 4.02. The minimum Gasteiger partial charge on any atom is -0.493 e. The molecule has 11 heteroatoms. The first-order valence-corrected chi connectivity index (χ1v) is 12.6. The fraction of sp³-hybridized carbons (Fsp3) is 0.630. The molecule has 3 atom stereocenters. The maximum atomic E-state index is 12.7. The van der Waals surface area contributed by atoms with Gasteiger partial charge in [-0.25, -0.2) is 4.98 Å². The van der Waals surface area contributed by atoms with Gasteiger partial charge < -0.3 is 34.9 Å². The normalized spacial score (nSPS) is 13.6. The quantitative estimate of drug-likeness (QED) is 0.261. The third kappa shape index (κ3) is 10.6. The van der Waals surface area contributed by atoms with Crippen molar-refractivity contribution in [1.82, 2.24) is 14.9 Å². The Morgan fingerprint density at radius 2 is 1.89 bits per heavy atom. The zero-order chi connectivity index (χ0) is 26.7. The number of carbonyl (C=O) groups excluding carboxylic acids is 1. The molecule has 0 bridgehead atoms. The Morgan fingerprint density at radius 1 is 1.18 bits per heavy atom. The lowest BCUT2D eigenvalue weighted by Crippen LogP contribution is -2.50. The molecule has 0 aliphatic heterocycles. The van der Waals surface area contributed by atoms with Crippen LogP contribution in [0.1, 0.15) is 46.1 Å². The molecule has 0 spiro atoms. The molecule has 0 saturated heterocycles. The van der Waals surface area contributed by atoms with Crippen LogP contribution in [0.3, 0.4) is 0 Å². The van der Waals surface area contributed by atoms with Gasteiger partial charge in [0.15, 0.2) is 11.5 Å². The van der Waals surface area contributed by atoms with Crippen LogP contribution in [0.4, 0.5) is 0 Å². The highest BCUT2D eigenvalue weighted by Crippen LogP contribution is 2.31. The number of methoxy groups -OCH3 is 2. The van der Waals surface area contributed by atoms with Gasteiger partial charge in [0.25, 0.3) is 0 Å². The van der Waals surface area contributed by atoms with Gasteiger partial charge in [0, 0.05) is 45.1 Å². The summed E-state index contributed by atoms with van der Waals surface area (Å²) in [7, 11) is 3.30. The second-order valence-electron chi connectivity index (χ2n) is 10.1. The van der Waals surface area contributed by atoms with Crippen LogP contribution in [0.5, 0.6) is 11.5 Å². The molecular weight excluding hydrogens is 531 g/mol. The SMILES string of the molecule is COCCCOc1cc(C[C@@H](C[C@H](N)[C@@H](O)CNC(=O)C(C)(C)n2ccnc2)C(C)C)ccc1OC.Cl.Cl. The van der Waals surface area contributed by atoms with E-state index in [1.807, 2.05) is 18.2 Å². The predicted octanol–water partition coefficient (Wildman–Crippen LogP) is 3.60. The molecule has 2 rings (SSSR count). The van der Waals surface area contributed by atoms with Crippen molar-refractivity contribution >= 4 is 30.7 Å². The number of amides is 1. The second kappa shape index (κ2) is 17.5. The van der Waals surface area contributed by atoms with Gasteiger partial charge in [-0.1, -0.05) is 19.9 Å². The van der Waals surface area contributed by atoms with Crippen LogP contribution >= 0.6 is 24.8 Å². The molecule has 9 nitrogen and oxygen atoms in total. The second-order valence-corrected chi connectivity index (χ2v) is 10.1. The summed E-state index contributed by atoms with van der Waals surface area (Å²) >= 11 is 0. The molecule has 1 aromatic carbocycles. The number of ether oxygens (including phenoxy) is 3. The minimum atomic E-state index is -0.857. The van der Waals surface area contributed by atoms with Gasteiger partial charge in [-0.15, -0.1) is 24.8 Å². The van der Waals surface area contributed by atoms with Crippen molar-refractivity contribution in [3.05, 3.63) is 42.5 Å². The minimum absolute atomic E-state index is 0. The lowest BCUT2D eigenvalue weighted by atomic mass is 9.83. The Balaban J connectivity index is 0.00000684.